The number of nitrogens with two attached hydrogens (primary N) is 2. The number of nitrogens with zero attached hydrogens (tertiary/aromatic N) is 1. The summed E-state index contributed by atoms with van der Waals surface area (Å²) in [5, 5.41) is 15.1. The lowest BCUT2D eigenvalue weighted by molar-refractivity contribution is -0.140. The van der Waals surface area contributed by atoms with E-state index in [0.29, 0.717) is 32.2 Å². The summed E-state index contributed by atoms with van der Waals surface area (Å²) in [5.74, 6) is -1.89. The molecule has 3 aromatic rings. The average Bonchev–Trinajstić information content (AvgIpc) is 3.50. The van der Waals surface area contributed by atoms with E-state index in [1.54, 1.807) is 12.1 Å². The molecule has 0 spiro atoms. The molecular weight excluding hydrogens is 546 g/mol. The number of aryl methyl sites for hydroxylation is 1. The predicted molar refractivity (Wildman–Crippen MR) is 162 cm³/mol. The quantitative estimate of drug-likeness (QED) is 0.204. The average molecular weight is 586 g/mol. The molecule has 0 saturated carbocycles. The first kappa shape index (κ1) is 31.2. The molecule has 10 nitrogen and oxygen atoms in total. The monoisotopic (exact) mass is 585 g/mol. The van der Waals surface area contributed by atoms with Crippen LogP contribution < -0.4 is 22.1 Å². The van der Waals surface area contributed by atoms with Gasteiger partial charge in [0.2, 0.25) is 23.6 Å². The molecule has 3 aromatic carbocycles. The van der Waals surface area contributed by atoms with Gasteiger partial charge in [0.15, 0.2) is 0 Å². The number of amides is 4. The number of primary amides is 1. The van der Waals surface area contributed by atoms with Crippen LogP contribution >= 0.6 is 0 Å². The number of hydrogen-bond donors (Lipinski definition) is 5. The second kappa shape index (κ2) is 15.0. The van der Waals surface area contributed by atoms with Gasteiger partial charge in [-0.25, -0.2) is 0 Å². The summed E-state index contributed by atoms with van der Waals surface area (Å²) in [4.78, 5) is 54.1. The fourth-order valence-electron chi connectivity index (χ4n) is 5.33. The van der Waals surface area contributed by atoms with Gasteiger partial charge in [0, 0.05) is 13.0 Å². The van der Waals surface area contributed by atoms with Crippen molar-refractivity contribution in [2.75, 3.05) is 6.54 Å². The number of phenols is 1. The van der Waals surface area contributed by atoms with Gasteiger partial charge in [-0.3, -0.25) is 19.2 Å². The van der Waals surface area contributed by atoms with Crippen molar-refractivity contribution in [1.29, 1.82) is 0 Å². The summed E-state index contributed by atoms with van der Waals surface area (Å²) in [6, 6.07) is 21.7. The maximum atomic E-state index is 13.6. The zero-order valence-corrected chi connectivity index (χ0v) is 24.0. The van der Waals surface area contributed by atoms with Crippen molar-refractivity contribution in [3.05, 3.63) is 102 Å². The van der Waals surface area contributed by atoms with Crippen LogP contribution in [0.2, 0.25) is 0 Å². The van der Waals surface area contributed by atoms with Gasteiger partial charge in [-0.1, -0.05) is 72.8 Å². The predicted octanol–water partition coefficient (Wildman–Crippen LogP) is 1.58. The van der Waals surface area contributed by atoms with Crippen molar-refractivity contribution in [1.82, 2.24) is 15.5 Å². The number of carbonyl (C=O) groups is 4. The molecule has 1 heterocycles. The Labute approximate surface area is 251 Å². The summed E-state index contributed by atoms with van der Waals surface area (Å²) in [5.41, 5.74) is 14.5. The van der Waals surface area contributed by atoms with E-state index < -0.39 is 41.9 Å². The number of aromatic hydroxyl groups is 1. The van der Waals surface area contributed by atoms with Gasteiger partial charge in [-0.2, -0.15) is 0 Å². The van der Waals surface area contributed by atoms with Gasteiger partial charge in [0.1, 0.15) is 23.9 Å². The molecular formula is C33H39N5O5. The third-order valence-corrected chi connectivity index (χ3v) is 7.69. The molecule has 0 bridgehead atoms. The molecule has 0 radical (unpaired) electrons. The van der Waals surface area contributed by atoms with Gasteiger partial charge in [0.05, 0.1) is 6.04 Å². The van der Waals surface area contributed by atoms with Gasteiger partial charge in [-0.05, 0) is 60.9 Å². The van der Waals surface area contributed by atoms with Crippen LogP contribution in [0.25, 0.3) is 0 Å². The second-order valence-electron chi connectivity index (χ2n) is 10.9. The molecule has 4 amide bonds. The molecule has 4 atom stereocenters. The Bertz CT molecular complexity index is 1380. The van der Waals surface area contributed by atoms with E-state index in [4.69, 9.17) is 11.5 Å². The van der Waals surface area contributed by atoms with Crippen molar-refractivity contribution < 1.29 is 24.3 Å². The number of likely N-dealkylation sites (tertiary alicyclic amines) is 1. The van der Waals surface area contributed by atoms with Crippen molar-refractivity contribution in [3.8, 4) is 5.75 Å². The van der Waals surface area contributed by atoms with Crippen molar-refractivity contribution >= 4 is 23.6 Å². The Kier molecular flexibility index (Phi) is 10.9. The smallest absolute Gasteiger partial charge is 0.243 e. The topological polar surface area (TPSA) is 168 Å². The summed E-state index contributed by atoms with van der Waals surface area (Å²) in [6.45, 7) is 0.374. The van der Waals surface area contributed by atoms with Crippen molar-refractivity contribution in [3.63, 3.8) is 0 Å². The maximum absolute atomic E-state index is 13.6. The van der Waals surface area contributed by atoms with Crippen LogP contribution in [-0.2, 0) is 38.4 Å². The standard InChI is InChI=1S/C33H39N5O5/c34-26(20-24-13-16-25(39)17-14-24)33(43)38-19-7-12-29(38)32(42)37-28(21-23-10-5-2-6-11-23)31(41)36-27(30(35)40)18-15-22-8-3-1-4-9-22/h1-6,8-11,13-14,16-17,26-29,39H,7,12,15,18-21,34H2,(H2,35,40)(H,36,41)(H,37,42)/t26-,27?,28-,29-/m0/s1. The van der Waals surface area contributed by atoms with E-state index in [1.807, 2.05) is 60.7 Å². The highest BCUT2D eigenvalue weighted by Crippen LogP contribution is 2.20. The maximum Gasteiger partial charge on any atom is 0.243 e. The first-order valence-corrected chi connectivity index (χ1v) is 14.5. The molecule has 0 aliphatic carbocycles. The van der Waals surface area contributed by atoms with E-state index >= 15 is 0 Å². The van der Waals surface area contributed by atoms with E-state index in [-0.39, 0.29) is 24.5 Å². The van der Waals surface area contributed by atoms with Crippen LogP contribution in [0.4, 0.5) is 0 Å². The summed E-state index contributed by atoms with van der Waals surface area (Å²) in [6.07, 6.45) is 2.33. The normalized spacial score (nSPS) is 16.6. The molecule has 1 fully saturated rings. The Morgan fingerprint density at radius 3 is 2.05 bits per heavy atom. The summed E-state index contributed by atoms with van der Waals surface area (Å²) >= 11 is 0. The third kappa shape index (κ3) is 8.89. The lowest BCUT2D eigenvalue weighted by atomic mass is 10.0. The third-order valence-electron chi connectivity index (χ3n) is 7.69. The molecule has 1 unspecified atom stereocenters. The number of rotatable bonds is 13. The van der Waals surface area contributed by atoms with Crippen LogP contribution in [-0.4, -0.2) is 64.3 Å². The Morgan fingerprint density at radius 2 is 1.42 bits per heavy atom. The van der Waals surface area contributed by atoms with Gasteiger partial charge in [0.25, 0.3) is 0 Å². The highest BCUT2D eigenvalue weighted by Gasteiger charge is 2.38. The highest BCUT2D eigenvalue weighted by molar-refractivity contribution is 5.95. The number of phenolic OH excluding ortho intramolecular Hbond substituents is 1. The molecule has 226 valence electrons. The fraction of sp³-hybridized carbons (Fsp3) is 0.333. The number of hydrogen-bond acceptors (Lipinski definition) is 6. The largest absolute Gasteiger partial charge is 0.508 e. The molecule has 4 rings (SSSR count). The zero-order chi connectivity index (χ0) is 30.8. The van der Waals surface area contributed by atoms with Crippen LogP contribution in [0.5, 0.6) is 5.75 Å². The second-order valence-corrected chi connectivity index (χ2v) is 10.9. The molecule has 10 heteroatoms. The minimum Gasteiger partial charge on any atom is -0.508 e. The van der Waals surface area contributed by atoms with Crippen LogP contribution in [0.3, 0.4) is 0 Å². The molecule has 1 aliphatic heterocycles. The van der Waals surface area contributed by atoms with Crippen molar-refractivity contribution in [2.24, 2.45) is 11.5 Å². The highest BCUT2D eigenvalue weighted by atomic mass is 16.3. The molecule has 43 heavy (non-hydrogen) atoms. The van der Waals surface area contributed by atoms with Gasteiger partial charge < -0.3 is 32.1 Å². The number of nitrogens with one attached hydrogen (secondary N) is 2. The first-order chi connectivity index (χ1) is 20.7. The molecule has 1 aliphatic rings. The Morgan fingerprint density at radius 1 is 0.814 bits per heavy atom. The summed E-state index contributed by atoms with van der Waals surface area (Å²) in [7, 11) is 0. The Balaban J connectivity index is 1.44. The lowest BCUT2D eigenvalue weighted by Crippen LogP contribution is -2.57. The fourth-order valence-corrected chi connectivity index (χ4v) is 5.33. The first-order valence-electron chi connectivity index (χ1n) is 14.5. The van der Waals surface area contributed by atoms with E-state index in [9.17, 15) is 24.3 Å². The lowest BCUT2D eigenvalue weighted by Gasteiger charge is -2.29. The summed E-state index contributed by atoms with van der Waals surface area (Å²) < 4.78 is 0. The van der Waals surface area contributed by atoms with Crippen LogP contribution in [0, 0.1) is 0 Å². The van der Waals surface area contributed by atoms with Gasteiger partial charge in [-0.15, -0.1) is 0 Å². The minimum absolute atomic E-state index is 0.118. The minimum atomic E-state index is -1.00. The van der Waals surface area contributed by atoms with Crippen molar-refractivity contribution in [2.45, 2.75) is 62.7 Å². The van der Waals surface area contributed by atoms with E-state index in [1.165, 1.54) is 17.0 Å². The SMILES string of the molecule is NC(=O)C(CCc1ccccc1)NC(=O)[C@H](Cc1ccccc1)NC(=O)[C@@H]1CCCN1C(=O)[C@@H](N)Cc1ccc(O)cc1. The zero-order valence-electron chi connectivity index (χ0n) is 24.0. The van der Waals surface area contributed by atoms with E-state index in [0.717, 1.165) is 16.7 Å². The van der Waals surface area contributed by atoms with Crippen LogP contribution in [0.1, 0.15) is 36.0 Å². The Hall–Kier alpha value is -4.70. The number of benzene rings is 3. The molecule has 7 N–H and O–H groups in total. The molecule has 0 aromatic heterocycles. The van der Waals surface area contributed by atoms with Crippen LogP contribution in [0.15, 0.2) is 84.9 Å². The van der Waals surface area contributed by atoms with Gasteiger partial charge >= 0.3 is 0 Å². The molecule has 1 saturated heterocycles. The number of carbonyl (C=O) groups excluding carboxylic acids is 4. The van der Waals surface area contributed by atoms with E-state index in [2.05, 4.69) is 10.6 Å².